The van der Waals surface area contributed by atoms with E-state index in [9.17, 15) is 15.3 Å². The zero-order valence-electron chi connectivity index (χ0n) is 7.04. The summed E-state index contributed by atoms with van der Waals surface area (Å²) in [5, 5.41) is 27.8. The molecule has 0 aromatic heterocycles. The predicted molar refractivity (Wildman–Crippen MR) is 39.4 cm³/mol. The third kappa shape index (κ3) is 1.60. The van der Waals surface area contributed by atoms with E-state index in [0.717, 1.165) is 0 Å². The van der Waals surface area contributed by atoms with E-state index < -0.39 is 30.7 Å². The van der Waals surface area contributed by atoms with Gasteiger partial charge in [-0.05, 0) is 6.92 Å². The summed E-state index contributed by atoms with van der Waals surface area (Å²) in [7, 11) is 1.37. The van der Waals surface area contributed by atoms with E-state index in [1.54, 1.807) is 6.92 Å². The lowest BCUT2D eigenvalue weighted by Gasteiger charge is -2.38. The van der Waals surface area contributed by atoms with E-state index >= 15 is 0 Å². The van der Waals surface area contributed by atoms with Crippen molar-refractivity contribution in [3.63, 3.8) is 0 Å². The Morgan fingerprint density at radius 2 is 1.67 bits per heavy atom. The molecule has 5 heteroatoms. The summed E-state index contributed by atoms with van der Waals surface area (Å²) in [5.41, 5.74) is 0. The molecule has 0 saturated carbocycles. The Morgan fingerprint density at radius 1 is 1.08 bits per heavy atom. The maximum Gasteiger partial charge on any atom is 0.186 e. The Labute approximate surface area is 70.5 Å². The number of methoxy groups -OCH3 is 1. The monoisotopic (exact) mass is 178 g/mol. The summed E-state index contributed by atoms with van der Waals surface area (Å²) in [4.78, 5) is 0. The van der Waals surface area contributed by atoms with Crippen molar-refractivity contribution in [3.05, 3.63) is 0 Å². The summed E-state index contributed by atoms with van der Waals surface area (Å²) in [6.45, 7) is 1.60. The first-order chi connectivity index (χ1) is 5.57. The smallest absolute Gasteiger partial charge is 0.186 e. The summed E-state index contributed by atoms with van der Waals surface area (Å²) in [6.07, 6.45) is -4.86. The van der Waals surface area contributed by atoms with Crippen molar-refractivity contribution in [1.82, 2.24) is 0 Å². The molecule has 1 fully saturated rings. The van der Waals surface area contributed by atoms with Gasteiger partial charge in [-0.25, -0.2) is 0 Å². The first kappa shape index (κ1) is 9.88. The highest BCUT2D eigenvalue weighted by atomic mass is 16.7. The van der Waals surface area contributed by atoms with Gasteiger partial charge in [-0.1, -0.05) is 0 Å². The van der Waals surface area contributed by atoms with Gasteiger partial charge in [0.05, 0.1) is 6.10 Å². The van der Waals surface area contributed by atoms with Gasteiger partial charge in [-0.15, -0.1) is 0 Å². The van der Waals surface area contributed by atoms with Gasteiger partial charge in [0.2, 0.25) is 0 Å². The van der Waals surface area contributed by atoms with Crippen molar-refractivity contribution in [2.45, 2.75) is 37.6 Å². The van der Waals surface area contributed by atoms with Crippen LogP contribution in [0.4, 0.5) is 0 Å². The molecule has 1 rings (SSSR count). The van der Waals surface area contributed by atoms with E-state index in [2.05, 4.69) is 0 Å². The van der Waals surface area contributed by atoms with Crippen molar-refractivity contribution >= 4 is 0 Å². The summed E-state index contributed by atoms with van der Waals surface area (Å²) < 4.78 is 9.80. The molecule has 0 aromatic carbocycles. The van der Waals surface area contributed by atoms with Crippen LogP contribution in [0.3, 0.4) is 0 Å². The second kappa shape index (κ2) is 3.68. The second-order valence-electron chi connectivity index (χ2n) is 2.92. The standard InChI is InChI=1S/C7H14O5/c1-3-4(8)5(9)6(10)7(11-2)12-3/h3-10H,1-2H3/t3-,4+,5+,6-,7?/m0/s1. The van der Waals surface area contributed by atoms with Gasteiger partial charge in [0.1, 0.15) is 18.3 Å². The van der Waals surface area contributed by atoms with Gasteiger partial charge in [0.15, 0.2) is 6.29 Å². The van der Waals surface area contributed by atoms with Crippen LogP contribution < -0.4 is 0 Å². The van der Waals surface area contributed by atoms with Gasteiger partial charge in [-0.3, -0.25) is 0 Å². The summed E-state index contributed by atoms with van der Waals surface area (Å²) >= 11 is 0. The number of aliphatic hydroxyl groups excluding tert-OH is 3. The van der Waals surface area contributed by atoms with E-state index in [-0.39, 0.29) is 0 Å². The molecule has 3 N–H and O–H groups in total. The van der Waals surface area contributed by atoms with Crippen LogP contribution in [0.15, 0.2) is 0 Å². The number of hydrogen-bond acceptors (Lipinski definition) is 5. The highest BCUT2D eigenvalue weighted by molar-refractivity contribution is 4.86. The van der Waals surface area contributed by atoms with Gasteiger partial charge >= 0.3 is 0 Å². The Hall–Kier alpha value is -0.200. The van der Waals surface area contributed by atoms with Gasteiger partial charge in [0, 0.05) is 7.11 Å². The maximum absolute atomic E-state index is 9.27. The Kier molecular flexibility index (Phi) is 3.03. The minimum Gasteiger partial charge on any atom is -0.388 e. The zero-order chi connectivity index (χ0) is 9.30. The third-order valence-corrected chi connectivity index (χ3v) is 2.04. The Balaban J connectivity index is 2.63. The Bertz CT molecular complexity index is 146. The molecule has 1 aliphatic rings. The molecular weight excluding hydrogens is 164 g/mol. The largest absolute Gasteiger partial charge is 0.388 e. The fraction of sp³-hybridized carbons (Fsp3) is 1.00. The molecule has 72 valence electrons. The minimum atomic E-state index is -1.21. The molecule has 1 heterocycles. The van der Waals surface area contributed by atoms with Crippen LogP contribution in [0.2, 0.25) is 0 Å². The van der Waals surface area contributed by atoms with E-state index in [4.69, 9.17) is 9.47 Å². The van der Waals surface area contributed by atoms with Crippen molar-refractivity contribution < 1.29 is 24.8 Å². The van der Waals surface area contributed by atoms with Crippen LogP contribution in [0.25, 0.3) is 0 Å². The molecule has 0 radical (unpaired) electrons. The first-order valence-electron chi connectivity index (χ1n) is 3.80. The number of rotatable bonds is 1. The molecule has 1 saturated heterocycles. The lowest BCUT2D eigenvalue weighted by molar-refractivity contribution is -0.286. The van der Waals surface area contributed by atoms with Crippen molar-refractivity contribution in [2.24, 2.45) is 0 Å². The number of ether oxygens (including phenoxy) is 2. The highest BCUT2D eigenvalue weighted by Crippen LogP contribution is 2.20. The first-order valence-corrected chi connectivity index (χ1v) is 3.80. The minimum absolute atomic E-state index is 0.534. The lowest BCUT2D eigenvalue weighted by atomic mass is 10.0. The lowest BCUT2D eigenvalue weighted by Crippen LogP contribution is -2.57. The molecule has 0 amide bonds. The molecule has 1 unspecified atom stereocenters. The van der Waals surface area contributed by atoms with Crippen molar-refractivity contribution in [3.8, 4) is 0 Å². The summed E-state index contributed by atoms with van der Waals surface area (Å²) in [5.74, 6) is 0. The highest BCUT2D eigenvalue weighted by Gasteiger charge is 2.41. The number of aliphatic hydroxyl groups is 3. The van der Waals surface area contributed by atoms with Gasteiger partial charge in [-0.2, -0.15) is 0 Å². The topological polar surface area (TPSA) is 79.2 Å². The van der Waals surface area contributed by atoms with E-state index in [1.165, 1.54) is 7.11 Å². The molecule has 0 bridgehead atoms. The van der Waals surface area contributed by atoms with Crippen LogP contribution in [-0.2, 0) is 9.47 Å². The summed E-state index contributed by atoms with van der Waals surface area (Å²) in [6, 6.07) is 0. The average molecular weight is 178 g/mol. The fourth-order valence-corrected chi connectivity index (χ4v) is 1.21. The quantitative estimate of drug-likeness (QED) is 0.453. The zero-order valence-corrected chi connectivity index (χ0v) is 7.04. The molecular formula is C7H14O5. The molecule has 0 aromatic rings. The van der Waals surface area contributed by atoms with Crippen LogP contribution in [0, 0.1) is 0 Å². The van der Waals surface area contributed by atoms with Crippen LogP contribution in [0.5, 0.6) is 0 Å². The molecule has 0 aliphatic carbocycles. The molecule has 5 nitrogen and oxygen atoms in total. The Morgan fingerprint density at radius 3 is 2.17 bits per heavy atom. The molecule has 12 heavy (non-hydrogen) atoms. The van der Waals surface area contributed by atoms with Crippen LogP contribution in [-0.4, -0.2) is 53.1 Å². The molecule has 5 atom stereocenters. The van der Waals surface area contributed by atoms with Crippen LogP contribution >= 0.6 is 0 Å². The normalized spacial score (nSPS) is 49.2. The average Bonchev–Trinajstić information content (AvgIpc) is 2.08. The van der Waals surface area contributed by atoms with Gasteiger partial charge in [0.25, 0.3) is 0 Å². The van der Waals surface area contributed by atoms with Gasteiger partial charge < -0.3 is 24.8 Å². The van der Waals surface area contributed by atoms with Crippen molar-refractivity contribution in [1.29, 1.82) is 0 Å². The van der Waals surface area contributed by atoms with E-state index in [0.29, 0.717) is 0 Å². The third-order valence-electron chi connectivity index (χ3n) is 2.04. The predicted octanol–water partition coefficient (Wildman–Crippen LogP) is -1.54. The SMILES string of the molecule is COC1O[C@@H](C)[C@@H](O)[C@@H](O)[C@@H]1O. The molecule has 0 spiro atoms. The fourth-order valence-electron chi connectivity index (χ4n) is 1.21. The van der Waals surface area contributed by atoms with Crippen LogP contribution in [0.1, 0.15) is 6.92 Å². The maximum atomic E-state index is 9.27. The van der Waals surface area contributed by atoms with E-state index in [1.807, 2.05) is 0 Å². The second-order valence-corrected chi connectivity index (χ2v) is 2.92. The van der Waals surface area contributed by atoms with Crippen molar-refractivity contribution in [2.75, 3.05) is 7.11 Å². The number of hydrogen-bond donors (Lipinski definition) is 3. The molecule has 1 aliphatic heterocycles.